The van der Waals surface area contributed by atoms with Crippen molar-refractivity contribution in [2.75, 3.05) is 25.5 Å². The van der Waals surface area contributed by atoms with Gasteiger partial charge >= 0.3 is 0 Å². The molecule has 0 aliphatic carbocycles. The lowest BCUT2D eigenvalue weighted by molar-refractivity contribution is -0.119. The molecule has 2 N–H and O–H groups in total. The Balaban J connectivity index is 1.73. The second-order valence-corrected chi connectivity index (χ2v) is 5.22. The highest BCUT2D eigenvalue weighted by atomic mass is 35.5. The monoisotopic (exact) mass is 318 g/mol. The summed E-state index contributed by atoms with van der Waals surface area (Å²) in [6.45, 7) is 0.801. The van der Waals surface area contributed by atoms with E-state index < -0.39 is 0 Å². The third-order valence-electron chi connectivity index (χ3n) is 3.20. The summed E-state index contributed by atoms with van der Waals surface area (Å²) >= 11 is 5.83. The predicted molar refractivity (Wildman–Crippen MR) is 89.6 cm³/mol. The van der Waals surface area contributed by atoms with E-state index in [2.05, 4.69) is 10.6 Å². The number of hydrogen-bond donors (Lipinski definition) is 2. The largest absolute Gasteiger partial charge is 0.495 e. The van der Waals surface area contributed by atoms with Gasteiger partial charge in [0.1, 0.15) is 5.75 Å². The molecule has 116 valence electrons. The van der Waals surface area contributed by atoms with E-state index in [1.807, 2.05) is 48.5 Å². The van der Waals surface area contributed by atoms with Crippen LogP contribution in [0.15, 0.2) is 48.5 Å². The number of ether oxygens (including phenoxy) is 1. The van der Waals surface area contributed by atoms with Gasteiger partial charge in [-0.25, -0.2) is 0 Å². The summed E-state index contributed by atoms with van der Waals surface area (Å²) in [4.78, 5) is 11.8. The van der Waals surface area contributed by atoms with E-state index in [0.29, 0.717) is 11.6 Å². The first kappa shape index (κ1) is 16.2. The number of methoxy groups -OCH3 is 1. The van der Waals surface area contributed by atoms with Gasteiger partial charge in [0.2, 0.25) is 5.91 Å². The molecule has 0 unspecified atom stereocenters. The van der Waals surface area contributed by atoms with Crippen LogP contribution >= 0.6 is 11.6 Å². The third-order valence-corrected chi connectivity index (χ3v) is 3.45. The molecule has 0 radical (unpaired) electrons. The Morgan fingerprint density at radius 1 is 1.14 bits per heavy atom. The molecule has 0 heterocycles. The van der Waals surface area contributed by atoms with Crippen LogP contribution in [0.1, 0.15) is 5.56 Å². The van der Waals surface area contributed by atoms with Crippen LogP contribution in [0.4, 0.5) is 5.69 Å². The van der Waals surface area contributed by atoms with Gasteiger partial charge in [-0.05, 0) is 36.2 Å². The molecule has 22 heavy (non-hydrogen) atoms. The zero-order chi connectivity index (χ0) is 15.8. The van der Waals surface area contributed by atoms with Gasteiger partial charge in [-0.15, -0.1) is 0 Å². The lowest BCUT2D eigenvalue weighted by atomic mass is 10.1. The van der Waals surface area contributed by atoms with Gasteiger partial charge in [0.25, 0.3) is 0 Å². The zero-order valence-electron chi connectivity index (χ0n) is 12.4. The molecule has 0 aliphatic rings. The van der Waals surface area contributed by atoms with Crippen LogP contribution in [-0.2, 0) is 11.2 Å². The molecule has 2 aromatic rings. The van der Waals surface area contributed by atoms with Gasteiger partial charge in [-0.3, -0.25) is 4.79 Å². The predicted octanol–water partition coefficient (Wildman–Crippen LogP) is 3.12. The van der Waals surface area contributed by atoms with Gasteiger partial charge in [-0.1, -0.05) is 35.9 Å². The molecule has 0 saturated heterocycles. The number of carbonyl (C=O) groups is 1. The normalized spacial score (nSPS) is 10.1. The first-order chi connectivity index (χ1) is 10.7. The maximum Gasteiger partial charge on any atom is 0.239 e. The van der Waals surface area contributed by atoms with Crippen molar-refractivity contribution in [1.82, 2.24) is 5.32 Å². The lowest BCUT2D eigenvalue weighted by Crippen LogP contribution is -2.31. The van der Waals surface area contributed by atoms with Crippen LogP contribution in [0.5, 0.6) is 5.75 Å². The van der Waals surface area contributed by atoms with Crippen molar-refractivity contribution in [1.29, 1.82) is 0 Å². The fourth-order valence-electron chi connectivity index (χ4n) is 2.03. The minimum Gasteiger partial charge on any atom is -0.495 e. The summed E-state index contributed by atoms with van der Waals surface area (Å²) in [5.74, 6) is 0.663. The van der Waals surface area contributed by atoms with Crippen molar-refractivity contribution in [2.24, 2.45) is 0 Å². The highest BCUT2D eigenvalue weighted by Crippen LogP contribution is 2.22. The molecular weight excluding hydrogens is 300 g/mol. The topological polar surface area (TPSA) is 50.4 Å². The summed E-state index contributed by atoms with van der Waals surface area (Å²) in [6.07, 6.45) is 0.775. The standard InChI is InChI=1S/C17H19ClN2O2/c1-22-16-5-3-2-4-15(16)20-12-17(21)19-11-10-13-6-8-14(18)9-7-13/h2-9,20H,10-12H2,1H3,(H,19,21). The summed E-state index contributed by atoms with van der Waals surface area (Å²) in [6, 6.07) is 15.1. The van der Waals surface area contributed by atoms with Crippen LogP contribution in [0.2, 0.25) is 5.02 Å². The number of halogens is 1. The SMILES string of the molecule is COc1ccccc1NCC(=O)NCCc1ccc(Cl)cc1. The van der Waals surface area contributed by atoms with Crippen molar-refractivity contribution in [3.05, 3.63) is 59.1 Å². The van der Waals surface area contributed by atoms with Gasteiger partial charge in [-0.2, -0.15) is 0 Å². The molecule has 0 saturated carbocycles. The molecule has 4 nitrogen and oxygen atoms in total. The van der Waals surface area contributed by atoms with E-state index in [1.54, 1.807) is 7.11 Å². The zero-order valence-corrected chi connectivity index (χ0v) is 13.2. The van der Waals surface area contributed by atoms with Crippen molar-refractivity contribution in [2.45, 2.75) is 6.42 Å². The maximum atomic E-state index is 11.8. The maximum absolute atomic E-state index is 11.8. The highest BCUT2D eigenvalue weighted by Gasteiger charge is 2.04. The summed E-state index contributed by atoms with van der Waals surface area (Å²) in [5.41, 5.74) is 1.94. The Bertz CT molecular complexity index is 614. The molecule has 2 aromatic carbocycles. The van der Waals surface area contributed by atoms with Gasteiger partial charge in [0.05, 0.1) is 19.3 Å². The average molecular weight is 319 g/mol. The van der Waals surface area contributed by atoms with E-state index in [-0.39, 0.29) is 12.5 Å². The van der Waals surface area contributed by atoms with E-state index in [9.17, 15) is 4.79 Å². The molecule has 0 aliphatic heterocycles. The highest BCUT2D eigenvalue weighted by molar-refractivity contribution is 6.30. The van der Waals surface area contributed by atoms with Crippen LogP contribution in [0.25, 0.3) is 0 Å². The van der Waals surface area contributed by atoms with E-state index in [0.717, 1.165) is 23.4 Å². The molecule has 2 rings (SSSR count). The molecule has 5 heteroatoms. The number of anilines is 1. The second-order valence-electron chi connectivity index (χ2n) is 4.78. The Morgan fingerprint density at radius 2 is 1.86 bits per heavy atom. The van der Waals surface area contributed by atoms with Crippen LogP contribution in [0, 0.1) is 0 Å². The van der Waals surface area contributed by atoms with Crippen LogP contribution < -0.4 is 15.4 Å². The minimum atomic E-state index is -0.0557. The second kappa shape index (κ2) is 8.29. The first-order valence-electron chi connectivity index (χ1n) is 7.07. The number of amides is 1. The third kappa shape index (κ3) is 4.97. The quantitative estimate of drug-likeness (QED) is 0.824. The number of hydrogen-bond acceptors (Lipinski definition) is 3. The molecule has 0 spiro atoms. The Labute approximate surface area is 135 Å². The summed E-state index contributed by atoms with van der Waals surface area (Å²) in [7, 11) is 1.60. The number of carbonyl (C=O) groups excluding carboxylic acids is 1. The minimum absolute atomic E-state index is 0.0557. The lowest BCUT2D eigenvalue weighted by Gasteiger charge is -2.11. The Morgan fingerprint density at radius 3 is 2.59 bits per heavy atom. The van der Waals surface area contributed by atoms with Gasteiger partial charge < -0.3 is 15.4 Å². The van der Waals surface area contributed by atoms with Crippen LogP contribution in [-0.4, -0.2) is 26.1 Å². The number of para-hydroxylation sites is 2. The van der Waals surface area contributed by atoms with E-state index >= 15 is 0 Å². The molecular formula is C17H19ClN2O2. The number of nitrogens with one attached hydrogen (secondary N) is 2. The average Bonchev–Trinajstić information content (AvgIpc) is 2.55. The molecule has 0 atom stereocenters. The van der Waals surface area contributed by atoms with Crippen molar-refractivity contribution >= 4 is 23.2 Å². The summed E-state index contributed by atoms with van der Waals surface area (Å²) < 4.78 is 5.22. The smallest absolute Gasteiger partial charge is 0.239 e. The Hall–Kier alpha value is -2.20. The fourth-order valence-corrected chi connectivity index (χ4v) is 2.15. The van der Waals surface area contributed by atoms with E-state index in [4.69, 9.17) is 16.3 Å². The fraction of sp³-hybridized carbons (Fsp3) is 0.235. The van der Waals surface area contributed by atoms with Gasteiger partial charge in [0.15, 0.2) is 0 Å². The first-order valence-corrected chi connectivity index (χ1v) is 7.45. The van der Waals surface area contributed by atoms with Crippen molar-refractivity contribution in [3.8, 4) is 5.75 Å². The molecule has 0 bridgehead atoms. The van der Waals surface area contributed by atoms with Crippen molar-refractivity contribution < 1.29 is 9.53 Å². The van der Waals surface area contributed by atoms with Crippen LogP contribution in [0.3, 0.4) is 0 Å². The molecule has 0 fully saturated rings. The Kier molecular flexibility index (Phi) is 6.10. The number of rotatable bonds is 7. The van der Waals surface area contributed by atoms with E-state index in [1.165, 1.54) is 0 Å². The number of benzene rings is 2. The van der Waals surface area contributed by atoms with Gasteiger partial charge in [0, 0.05) is 11.6 Å². The molecule has 1 amide bonds. The molecule has 0 aromatic heterocycles. The van der Waals surface area contributed by atoms with Crippen molar-refractivity contribution in [3.63, 3.8) is 0 Å². The summed E-state index contributed by atoms with van der Waals surface area (Å²) in [5, 5.41) is 6.66.